The number of carbonyl (C=O) groups is 3. The van der Waals surface area contributed by atoms with Gasteiger partial charge in [0.25, 0.3) is 5.91 Å². The lowest BCUT2D eigenvalue weighted by Crippen LogP contribution is -2.37. The average Bonchev–Trinajstić information content (AvgIpc) is 3.32. The van der Waals surface area contributed by atoms with Crippen molar-refractivity contribution in [3.05, 3.63) is 84.8 Å². The molecule has 4 amide bonds. The first-order chi connectivity index (χ1) is 14.1. The zero-order valence-electron chi connectivity index (χ0n) is 15.5. The van der Waals surface area contributed by atoms with Crippen LogP contribution in [-0.4, -0.2) is 28.8 Å². The molecule has 29 heavy (non-hydrogen) atoms. The molecule has 0 bridgehead atoms. The summed E-state index contributed by atoms with van der Waals surface area (Å²) >= 11 is 0. The van der Waals surface area contributed by atoms with Crippen LogP contribution in [0.25, 0.3) is 0 Å². The van der Waals surface area contributed by atoms with Crippen molar-refractivity contribution in [1.29, 1.82) is 0 Å². The molecule has 1 N–H and O–H groups in total. The molecule has 2 aromatic carbocycles. The quantitative estimate of drug-likeness (QED) is 0.653. The van der Waals surface area contributed by atoms with Gasteiger partial charge in [-0.3, -0.25) is 9.59 Å². The molecule has 4 rings (SSSR count). The predicted molar refractivity (Wildman–Crippen MR) is 107 cm³/mol. The van der Waals surface area contributed by atoms with E-state index in [-0.39, 0.29) is 18.9 Å². The third kappa shape index (κ3) is 3.89. The number of carbonyl (C=O) groups excluding carboxylic acids is 3. The van der Waals surface area contributed by atoms with Gasteiger partial charge in [-0.2, -0.15) is 0 Å². The van der Waals surface area contributed by atoms with Crippen molar-refractivity contribution in [1.82, 2.24) is 4.90 Å². The van der Waals surface area contributed by atoms with Crippen molar-refractivity contribution in [2.75, 3.05) is 10.2 Å². The summed E-state index contributed by atoms with van der Waals surface area (Å²) in [7, 11) is 0. The number of imide groups is 1. The Morgan fingerprint density at radius 2 is 1.62 bits per heavy atom. The Morgan fingerprint density at radius 3 is 2.28 bits per heavy atom. The third-order valence-corrected chi connectivity index (χ3v) is 4.68. The van der Waals surface area contributed by atoms with E-state index in [1.54, 1.807) is 66.7 Å². The number of hydrogen-bond donors (Lipinski definition) is 1. The highest BCUT2D eigenvalue weighted by atomic mass is 16.3. The molecular weight excluding hydrogens is 370 g/mol. The van der Waals surface area contributed by atoms with Crippen molar-refractivity contribution >= 4 is 29.2 Å². The third-order valence-electron chi connectivity index (χ3n) is 4.68. The minimum absolute atomic E-state index is 0.101. The Kier molecular flexibility index (Phi) is 5.11. The molecule has 1 atom stereocenters. The van der Waals surface area contributed by atoms with Gasteiger partial charge in [-0.15, -0.1) is 0 Å². The van der Waals surface area contributed by atoms with Crippen LogP contribution in [0.3, 0.4) is 0 Å². The fourth-order valence-corrected chi connectivity index (χ4v) is 3.31. The standard InChI is InChI=1S/C22H19N3O4/c26-20(23-16-8-3-1-4-9-16)14-19-21(27)25(17-10-5-2-6-11-17)22(28)24(19)15-18-12-7-13-29-18/h1-13,19H,14-15H2,(H,23,26)/t19-/m0/s1. The molecule has 0 spiro atoms. The molecule has 1 aliphatic rings. The molecule has 3 aromatic rings. The van der Waals surface area contributed by atoms with Gasteiger partial charge in [-0.25, -0.2) is 9.69 Å². The highest BCUT2D eigenvalue weighted by molar-refractivity contribution is 6.22. The normalized spacial score (nSPS) is 16.3. The number of nitrogens with one attached hydrogen (secondary N) is 1. The van der Waals surface area contributed by atoms with Crippen LogP contribution in [-0.2, 0) is 16.1 Å². The van der Waals surface area contributed by atoms with Gasteiger partial charge in [0.05, 0.1) is 24.9 Å². The van der Waals surface area contributed by atoms with Crippen LogP contribution in [0.4, 0.5) is 16.2 Å². The fraction of sp³-hybridized carbons (Fsp3) is 0.136. The number of nitrogens with zero attached hydrogens (tertiary/aromatic N) is 2. The summed E-state index contributed by atoms with van der Waals surface area (Å²) in [4.78, 5) is 41.2. The van der Waals surface area contributed by atoms with E-state index in [1.165, 1.54) is 11.2 Å². The van der Waals surface area contributed by atoms with E-state index in [0.717, 1.165) is 4.90 Å². The van der Waals surface area contributed by atoms with Crippen LogP contribution in [0.1, 0.15) is 12.2 Å². The molecule has 2 heterocycles. The molecule has 1 aliphatic heterocycles. The SMILES string of the molecule is O=C(C[C@H]1C(=O)N(c2ccccc2)C(=O)N1Cc1ccco1)Nc1ccccc1. The Hall–Kier alpha value is -3.87. The number of furan rings is 1. The Morgan fingerprint density at radius 1 is 0.931 bits per heavy atom. The van der Waals surface area contributed by atoms with Crippen LogP contribution in [0, 0.1) is 0 Å². The van der Waals surface area contributed by atoms with Crippen LogP contribution < -0.4 is 10.2 Å². The molecule has 7 heteroatoms. The number of benzene rings is 2. The second-order valence-corrected chi connectivity index (χ2v) is 6.63. The second-order valence-electron chi connectivity index (χ2n) is 6.63. The van der Waals surface area contributed by atoms with Crippen molar-refractivity contribution < 1.29 is 18.8 Å². The molecule has 1 aromatic heterocycles. The van der Waals surface area contributed by atoms with E-state index in [4.69, 9.17) is 4.42 Å². The van der Waals surface area contributed by atoms with E-state index < -0.39 is 18.0 Å². The summed E-state index contributed by atoms with van der Waals surface area (Å²) < 4.78 is 5.34. The number of hydrogen-bond acceptors (Lipinski definition) is 4. The minimum Gasteiger partial charge on any atom is -0.467 e. The van der Waals surface area contributed by atoms with Crippen LogP contribution in [0.2, 0.25) is 0 Å². The predicted octanol–water partition coefficient (Wildman–Crippen LogP) is 3.65. The first-order valence-corrected chi connectivity index (χ1v) is 9.20. The highest BCUT2D eigenvalue weighted by Gasteiger charge is 2.46. The lowest BCUT2D eigenvalue weighted by Gasteiger charge is -2.20. The van der Waals surface area contributed by atoms with E-state index in [9.17, 15) is 14.4 Å². The largest absolute Gasteiger partial charge is 0.467 e. The van der Waals surface area contributed by atoms with Gasteiger partial charge in [0.1, 0.15) is 11.8 Å². The van der Waals surface area contributed by atoms with Crippen LogP contribution in [0.15, 0.2) is 83.5 Å². The van der Waals surface area contributed by atoms with E-state index in [2.05, 4.69) is 5.32 Å². The summed E-state index contributed by atoms with van der Waals surface area (Å²) in [5.41, 5.74) is 1.10. The van der Waals surface area contributed by atoms with Gasteiger partial charge in [0, 0.05) is 5.69 Å². The van der Waals surface area contributed by atoms with Crippen molar-refractivity contribution in [2.45, 2.75) is 19.0 Å². The zero-order chi connectivity index (χ0) is 20.2. The molecule has 7 nitrogen and oxygen atoms in total. The molecule has 1 fully saturated rings. The summed E-state index contributed by atoms with van der Waals surface area (Å²) in [6.45, 7) is 0.101. The van der Waals surface area contributed by atoms with Gasteiger partial charge < -0.3 is 14.6 Å². The fourth-order valence-electron chi connectivity index (χ4n) is 3.31. The Bertz CT molecular complexity index is 1000. The number of anilines is 2. The number of para-hydroxylation sites is 2. The number of rotatable bonds is 6. The van der Waals surface area contributed by atoms with E-state index >= 15 is 0 Å². The first-order valence-electron chi connectivity index (χ1n) is 9.20. The highest BCUT2D eigenvalue weighted by Crippen LogP contribution is 2.28. The molecule has 146 valence electrons. The van der Waals surface area contributed by atoms with Gasteiger partial charge in [0.15, 0.2) is 0 Å². The first kappa shape index (κ1) is 18.5. The van der Waals surface area contributed by atoms with Crippen LogP contribution >= 0.6 is 0 Å². The summed E-state index contributed by atoms with van der Waals surface area (Å²) in [5, 5.41) is 2.77. The summed E-state index contributed by atoms with van der Waals surface area (Å²) in [6.07, 6.45) is 1.35. The maximum absolute atomic E-state index is 13.1. The molecule has 0 unspecified atom stereocenters. The minimum atomic E-state index is -0.920. The van der Waals surface area contributed by atoms with Gasteiger partial charge in [-0.1, -0.05) is 36.4 Å². The summed E-state index contributed by atoms with van der Waals surface area (Å²) in [6, 6.07) is 19.7. The van der Waals surface area contributed by atoms with Crippen molar-refractivity contribution in [3.8, 4) is 0 Å². The Labute approximate surface area is 167 Å². The van der Waals surface area contributed by atoms with Gasteiger partial charge in [0.2, 0.25) is 5.91 Å². The van der Waals surface area contributed by atoms with Crippen molar-refractivity contribution in [2.24, 2.45) is 0 Å². The van der Waals surface area contributed by atoms with Gasteiger partial charge in [-0.05, 0) is 36.4 Å². The average molecular weight is 389 g/mol. The lowest BCUT2D eigenvalue weighted by atomic mass is 10.1. The lowest BCUT2D eigenvalue weighted by molar-refractivity contribution is -0.124. The zero-order valence-corrected chi connectivity index (χ0v) is 15.5. The number of urea groups is 1. The maximum atomic E-state index is 13.1. The van der Waals surface area contributed by atoms with Crippen molar-refractivity contribution in [3.63, 3.8) is 0 Å². The number of amides is 4. The smallest absolute Gasteiger partial charge is 0.332 e. The van der Waals surface area contributed by atoms with E-state index in [0.29, 0.717) is 17.1 Å². The Balaban J connectivity index is 1.58. The van der Waals surface area contributed by atoms with Gasteiger partial charge >= 0.3 is 6.03 Å². The molecule has 0 aliphatic carbocycles. The molecule has 0 saturated carbocycles. The summed E-state index contributed by atoms with van der Waals surface area (Å²) in [5.74, 6) is -0.243. The monoisotopic (exact) mass is 389 g/mol. The molecular formula is C22H19N3O4. The van der Waals surface area contributed by atoms with E-state index in [1.807, 2.05) is 6.07 Å². The maximum Gasteiger partial charge on any atom is 0.332 e. The van der Waals surface area contributed by atoms with Crippen LogP contribution in [0.5, 0.6) is 0 Å². The second kappa shape index (κ2) is 8.02. The topological polar surface area (TPSA) is 82.9 Å². The molecule has 1 saturated heterocycles. The molecule has 0 radical (unpaired) electrons.